The zero-order valence-electron chi connectivity index (χ0n) is 10.6. The van der Waals surface area contributed by atoms with Gasteiger partial charge in [-0.25, -0.2) is 4.79 Å². The monoisotopic (exact) mass is 234 g/mol. The Balaban J connectivity index is 2.51. The first-order valence-electron chi connectivity index (χ1n) is 5.88. The fourth-order valence-corrected chi connectivity index (χ4v) is 1.37. The van der Waals surface area contributed by atoms with Gasteiger partial charge in [0.25, 0.3) is 0 Å². The maximum absolute atomic E-state index is 11.7. The molecule has 0 bridgehead atoms. The van der Waals surface area contributed by atoms with E-state index >= 15 is 0 Å². The Morgan fingerprint density at radius 3 is 2.53 bits per heavy atom. The molecule has 0 saturated carbocycles. The zero-order valence-corrected chi connectivity index (χ0v) is 10.6. The van der Waals surface area contributed by atoms with E-state index in [1.165, 1.54) is 0 Å². The molecule has 93 valence electrons. The summed E-state index contributed by atoms with van der Waals surface area (Å²) < 4.78 is 5.18. The van der Waals surface area contributed by atoms with Crippen molar-refractivity contribution in [2.24, 2.45) is 5.92 Å². The van der Waals surface area contributed by atoms with Gasteiger partial charge in [-0.15, -0.1) is 0 Å². The lowest BCUT2D eigenvalue weighted by Gasteiger charge is -2.21. The minimum atomic E-state index is -0.294. The molecule has 0 unspecified atom stereocenters. The van der Waals surface area contributed by atoms with Gasteiger partial charge in [0.2, 0.25) is 0 Å². The summed E-state index contributed by atoms with van der Waals surface area (Å²) in [5.41, 5.74) is 1.08. The van der Waals surface area contributed by atoms with E-state index in [4.69, 9.17) is 4.74 Å². The Labute approximate surface area is 103 Å². The fourth-order valence-electron chi connectivity index (χ4n) is 1.37. The van der Waals surface area contributed by atoms with E-state index in [9.17, 15) is 4.79 Å². The number of rotatable bonds is 5. The van der Waals surface area contributed by atoms with Crippen molar-refractivity contribution in [2.45, 2.75) is 20.4 Å². The van der Waals surface area contributed by atoms with Crippen molar-refractivity contribution in [3.05, 3.63) is 42.8 Å². The lowest BCUT2D eigenvalue weighted by atomic mass is 10.2. The first-order valence-corrected chi connectivity index (χ1v) is 5.88. The molecule has 0 fully saturated rings. The van der Waals surface area contributed by atoms with Gasteiger partial charge in [-0.2, -0.15) is 0 Å². The maximum atomic E-state index is 11.7. The third-order valence-corrected chi connectivity index (χ3v) is 2.28. The molecular weight excluding hydrogens is 214 g/mol. The predicted molar refractivity (Wildman–Crippen MR) is 68.4 cm³/mol. The number of hydrogen-bond acceptors (Lipinski definition) is 2. The third-order valence-electron chi connectivity index (χ3n) is 2.28. The molecule has 1 amide bonds. The molecule has 1 aromatic rings. The molecule has 0 aliphatic rings. The molecule has 0 spiro atoms. The van der Waals surface area contributed by atoms with E-state index in [-0.39, 0.29) is 6.09 Å². The molecule has 17 heavy (non-hydrogen) atoms. The van der Waals surface area contributed by atoms with E-state index < -0.39 is 0 Å². The average molecular weight is 234 g/mol. The first-order chi connectivity index (χ1) is 8.13. The highest BCUT2D eigenvalue weighted by molar-refractivity contribution is 5.67. The number of nitrogens with zero attached hydrogens (tertiary/aromatic N) is 1. The van der Waals surface area contributed by atoms with Gasteiger partial charge in [0.1, 0.15) is 0 Å². The van der Waals surface area contributed by atoms with Crippen LogP contribution in [0.4, 0.5) is 4.79 Å². The van der Waals surface area contributed by atoms with Crippen LogP contribution >= 0.6 is 0 Å². The Kier molecular flexibility index (Phi) is 5.53. The highest BCUT2D eigenvalue weighted by Crippen LogP contribution is 2.06. The first kappa shape index (κ1) is 13.6. The van der Waals surface area contributed by atoms with Gasteiger partial charge in [-0.1, -0.05) is 44.2 Å². The van der Waals surface area contributed by atoms with E-state index in [1.54, 1.807) is 4.90 Å². The number of benzene rings is 1. The predicted octanol–water partition coefficient (Wildman–Crippen LogP) is 3.12. The molecule has 0 aliphatic heterocycles. The fraction of sp³-hybridized carbons (Fsp3) is 0.429. The summed E-state index contributed by atoms with van der Waals surface area (Å²) in [4.78, 5) is 13.3. The SMILES string of the molecule is [CH2]CN(Cc1ccccc1)C(=O)OCC(C)C. The highest BCUT2D eigenvalue weighted by atomic mass is 16.6. The van der Waals surface area contributed by atoms with Crippen LogP contribution in [0.2, 0.25) is 0 Å². The van der Waals surface area contributed by atoms with Crippen molar-refractivity contribution in [3.63, 3.8) is 0 Å². The van der Waals surface area contributed by atoms with Crippen LogP contribution in [-0.2, 0) is 11.3 Å². The van der Waals surface area contributed by atoms with Gasteiger partial charge in [-0.05, 0) is 18.4 Å². The van der Waals surface area contributed by atoms with Crippen molar-refractivity contribution in [3.8, 4) is 0 Å². The maximum Gasteiger partial charge on any atom is 0.410 e. The van der Waals surface area contributed by atoms with Gasteiger partial charge in [-0.3, -0.25) is 0 Å². The Morgan fingerprint density at radius 1 is 1.35 bits per heavy atom. The summed E-state index contributed by atoms with van der Waals surface area (Å²) >= 11 is 0. The van der Waals surface area contributed by atoms with Crippen molar-refractivity contribution < 1.29 is 9.53 Å². The number of amides is 1. The summed E-state index contributed by atoms with van der Waals surface area (Å²) in [6, 6.07) is 9.83. The molecule has 1 radical (unpaired) electrons. The van der Waals surface area contributed by atoms with Crippen molar-refractivity contribution in [1.29, 1.82) is 0 Å². The largest absolute Gasteiger partial charge is 0.449 e. The topological polar surface area (TPSA) is 29.5 Å². The number of carbonyl (C=O) groups is 1. The number of ether oxygens (including phenoxy) is 1. The second-order valence-electron chi connectivity index (χ2n) is 4.38. The molecule has 0 saturated heterocycles. The van der Waals surface area contributed by atoms with Crippen LogP contribution in [0.5, 0.6) is 0 Å². The lowest BCUT2D eigenvalue weighted by Crippen LogP contribution is -2.31. The van der Waals surface area contributed by atoms with Crippen LogP contribution in [0.3, 0.4) is 0 Å². The third kappa shape index (κ3) is 4.89. The van der Waals surface area contributed by atoms with Gasteiger partial charge in [0.15, 0.2) is 0 Å². The van der Waals surface area contributed by atoms with E-state index in [0.717, 1.165) is 5.56 Å². The number of carbonyl (C=O) groups excluding carboxylic acids is 1. The van der Waals surface area contributed by atoms with Crippen LogP contribution in [-0.4, -0.2) is 24.1 Å². The Bertz CT molecular complexity index is 335. The minimum Gasteiger partial charge on any atom is -0.449 e. The molecule has 0 atom stereocenters. The summed E-state index contributed by atoms with van der Waals surface area (Å²) in [5.74, 6) is 0.349. The minimum absolute atomic E-state index is 0.294. The summed E-state index contributed by atoms with van der Waals surface area (Å²) in [5, 5.41) is 0. The second-order valence-corrected chi connectivity index (χ2v) is 4.38. The van der Waals surface area contributed by atoms with Crippen LogP contribution in [0.1, 0.15) is 19.4 Å². The quantitative estimate of drug-likeness (QED) is 0.783. The molecule has 0 heterocycles. The molecule has 0 aromatic heterocycles. The van der Waals surface area contributed by atoms with Crippen molar-refractivity contribution >= 4 is 6.09 Å². The van der Waals surface area contributed by atoms with Gasteiger partial charge in [0, 0.05) is 13.1 Å². The summed E-state index contributed by atoms with van der Waals surface area (Å²) in [6.45, 7) is 9.18. The van der Waals surface area contributed by atoms with E-state index in [0.29, 0.717) is 25.6 Å². The molecule has 3 heteroatoms. The van der Waals surface area contributed by atoms with Crippen LogP contribution in [0.25, 0.3) is 0 Å². The standard InChI is InChI=1S/C14H20NO2/c1-4-15(14(16)17-11-12(2)3)10-13-8-6-5-7-9-13/h5-9,12H,1,4,10-11H2,2-3H3. The normalized spacial score (nSPS) is 10.4. The molecule has 3 nitrogen and oxygen atoms in total. The van der Waals surface area contributed by atoms with E-state index in [1.807, 2.05) is 44.2 Å². The van der Waals surface area contributed by atoms with E-state index in [2.05, 4.69) is 6.92 Å². The van der Waals surface area contributed by atoms with Gasteiger partial charge in [0.05, 0.1) is 6.61 Å². The Hall–Kier alpha value is -1.51. The average Bonchev–Trinajstić information content (AvgIpc) is 2.34. The zero-order chi connectivity index (χ0) is 12.7. The molecule has 0 aliphatic carbocycles. The van der Waals surface area contributed by atoms with Gasteiger partial charge >= 0.3 is 6.09 Å². The van der Waals surface area contributed by atoms with Crippen molar-refractivity contribution in [2.75, 3.05) is 13.2 Å². The summed E-state index contributed by atoms with van der Waals surface area (Å²) in [7, 11) is 0. The molecule has 0 N–H and O–H groups in total. The highest BCUT2D eigenvalue weighted by Gasteiger charge is 2.13. The second kappa shape index (κ2) is 6.94. The summed E-state index contributed by atoms with van der Waals surface area (Å²) in [6.07, 6.45) is -0.294. The molecular formula is C14H20NO2. The van der Waals surface area contributed by atoms with Crippen LogP contribution < -0.4 is 0 Å². The van der Waals surface area contributed by atoms with Crippen LogP contribution in [0.15, 0.2) is 30.3 Å². The molecule has 1 aromatic carbocycles. The smallest absolute Gasteiger partial charge is 0.410 e. The number of hydrogen-bond donors (Lipinski definition) is 0. The molecule has 1 rings (SSSR count). The Morgan fingerprint density at radius 2 is 2.00 bits per heavy atom. The van der Waals surface area contributed by atoms with Crippen molar-refractivity contribution in [1.82, 2.24) is 4.90 Å². The van der Waals surface area contributed by atoms with Gasteiger partial charge < -0.3 is 9.64 Å². The van der Waals surface area contributed by atoms with Crippen LogP contribution in [0, 0.1) is 12.8 Å². The lowest BCUT2D eigenvalue weighted by molar-refractivity contribution is 0.0933.